The van der Waals surface area contributed by atoms with E-state index in [-0.39, 0.29) is 0 Å². The predicted octanol–water partition coefficient (Wildman–Crippen LogP) is 1.70. The molecule has 0 atom stereocenters. The molecule has 20 heavy (non-hydrogen) atoms. The Labute approximate surface area is 119 Å². The zero-order chi connectivity index (χ0) is 13.8. The summed E-state index contributed by atoms with van der Waals surface area (Å²) in [7, 11) is 0. The topological polar surface area (TPSA) is 45.4 Å². The van der Waals surface area contributed by atoms with Crippen molar-refractivity contribution in [1.82, 2.24) is 19.8 Å². The van der Waals surface area contributed by atoms with Gasteiger partial charge >= 0.3 is 0 Å². The van der Waals surface area contributed by atoms with Gasteiger partial charge in [-0.25, -0.2) is 4.98 Å². The maximum atomic E-state index is 5.25. The molecule has 0 amide bonds. The number of aryl methyl sites for hydroxylation is 1. The number of hydrogen-bond donors (Lipinski definition) is 0. The van der Waals surface area contributed by atoms with Crippen LogP contribution in [-0.2, 0) is 13.1 Å². The van der Waals surface area contributed by atoms with Crippen molar-refractivity contribution < 1.29 is 4.42 Å². The van der Waals surface area contributed by atoms with E-state index in [4.69, 9.17) is 4.42 Å². The molecule has 0 saturated carbocycles. The van der Waals surface area contributed by atoms with Gasteiger partial charge in [0.1, 0.15) is 6.26 Å². The molecule has 2 aromatic rings. The lowest BCUT2D eigenvalue weighted by molar-refractivity contribution is 0.121. The van der Waals surface area contributed by atoms with Gasteiger partial charge in [0.2, 0.25) is 0 Å². The lowest BCUT2D eigenvalue weighted by Crippen LogP contribution is -2.45. The highest BCUT2D eigenvalue weighted by atomic mass is 16.3. The second-order valence-corrected chi connectivity index (χ2v) is 5.27. The molecule has 0 aromatic carbocycles. The largest absolute Gasteiger partial charge is 0.449 e. The van der Waals surface area contributed by atoms with Crippen LogP contribution in [0.3, 0.4) is 0 Å². The van der Waals surface area contributed by atoms with E-state index in [1.165, 1.54) is 5.56 Å². The maximum absolute atomic E-state index is 5.25. The van der Waals surface area contributed by atoms with Crippen LogP contribution < -0.4 is 0 Å². The van der Waals surface area contributed by atoms with Gasteiger partial charge in [0.25, 0.3) is 0 Å². The van der Waals surface area contributed by atoms with Crippen molar-refractivity contribution in [2.24, 2.45) is 0 Å². The Morgan fingerprint density at radius 1 is 1.05 bits per heavy atom. The molecule has 0 radical (unpaired) electrons. The number of nitrogens with zero attached hydrogens (tertiary/aromatic N) is 4. The van der Waals surface area contributed by atoms with E-state index in [9.17, 15) is 0 Å². The molecule has 0 spiro atoms. The lowest BCUT2D eigenvalue weighted by atomic mass is 10.2. The van der Waals surface area contributed by atoms with Crippen LogP contribution in [0.1, 0.15) is 17.1 Å². The molecule has 0 bridgehead atoms. The van der Waals surface area contributed by atoms with E-state index in [0.717, 1.165) is 50.9 Å². The zero-order valence-corrected chi connectivity index (χ0v) is 11.8. The molecule has 5 nitrogen and oxygen atoms in total. The Morgan fingerprint density at radius 2 is 1.70 bits per heavy atom. The van der Waals surface area contributed by atoms with E-state index < -0.39 is 0 Å². The Balaban J connectivity index is 1.47. The fourth-order valence-corrected chi connectivity index (χ4v) is 2.56. The highest BCUT2D eigenvalue weighted by Gasteiger charge is 2.17. The first-order chi connectivity index (χ1) is 9.79. The first-order valence-corrected chi connectivity index (χ1v) is 7.04. The fraction of sp³-hybridized carbons (Fsp3) is 0.467. The molecule has 1 saturated heterocycles. The fourth-order valence-electron chi connectivity index (χ4n) is 2.56. The summed E-state index contributed by atoms with van der Waals surface area (Å²) in [4.78, 5) is 13.3. The van der Waals surface area contributed by atoms with Gasteiger partial charge in [-0.05, 0) is 17.7 Å². The molecule has 5 heteroatoms. The summed E-state index contributed by atoms with van der Waals surface area (Å²) in [5.41, 5.74) is 2.37. The Hall–Kier alpha value is -1.72. The SMILES string of the molecule is Cc1nc(CN2CCN(Cc3ccncc3)CC2)co1. The molecule has 0 N–H and O–H groups in total. The highest BCUT2D eigenvalue weighted by Crippen LogP contribution is 2.11. The third-order valence-electron chi connectivity index (χ3n) is 3.67. The van der Waals surface area contributed by atoms with Crippen LogP contribution in [0, 0.1) is 6.92 Å². The number of piperazine rings is 1. The van der Waals surface area contributed by atoms with Gasteiger partial charge in [0.05, 0.1) is 5.69 Å². The number of pyridine rings is 1. The maximum Gasteiger partial charge on any atom is 0.191 e. The van der Waals surface area contributed by atoms with Crippen molar-refractivity contribution in [2.75, 3.05) is 26.2 Å². The van der Waals surface area contributed by atoms with Crippen LogP contribution in [0.25, 0.3) is 0 Å². The van der Waals surface area contributed by atoms with Crippen LogP contribution in [0.2, 0.25) is 0 Å². The highest BCUT2D eigenvalue weighted by molar-refractivity contribution is 5.09. The van der Waals surface area contributed by atoms with Crippen molar-refractivity contribution in [3.8, 4) is 0 Å². The molecule has 2 aromatic heterocycles. The van der Waals surface area contributed by atoms with Gasteiger partial charge in [0, 0.05) is 58.6 Å². The quantitative estimate of drug-likeness (QED) is 0.847. The predicted molar refractivity (Wildman–Crippen MR) is 76.0 cm³/mol. The summed E-state index contributed by atoms with van der Waals surface area (Å²) < 4.78 is 5.25. The van der Waals surface area contributed by atoms with Gasteiger partial charge in [-0.1, -0.05) is 0 Å². The van der Waals surface area contributed by atoms with E-state index in [0.29, 0.717) is 0 Å². The van der Waals surface area contributed by atoms with Crippen LogP contribution >= 0.6 is 0 Å². The third-order valence-corrected chi connectivity index (χ3v) is 3.67. The van der Waals surface area contributed by atoms with Crippen molar-refractivity contribution in [3.63, 3.8) is 0 Å². The molecular weight excluding hydrogens is 252 g/mol. The lowest BCUT2D eigenvalue weighted by Gasteiger charge is -2.34. The van der Waals surface area contributed by atoms with Gasteiger partial charge in [-0.2, -0.15) is 0 Å². The third kappa shape index (κ3) is 3.43. The minimum absolute atomic E-state index is 0.747. The zero-order valence-electron chi connectivity index (χ0n) is 11.8. The smallest absolute Gasteiger partial charge is 0.191 e. The van der Waals surface area contributed by atoms with Gasteiger partial charge in [0.15, 0.2) is 5.89 Å². The van der Waals surface area contributed by atoms with Crippen molar-refractivity contribution in [2.45, 2.75) is 20.0 Å². The second kappa shape index (κ2) is 6.15. The Bertz CT molecular complexity index is 532. The van der Waals surface area contributed by atoms with Crippen molar-refractivity contribution >= 4 is 0 Å². The second-order valence-electron chi connectivity index (χ2n) is 5.27. The molecule has 3 rings (SSSR count). The summed E-state index contributed by atoms with van der Waals surface area (Å²) in [5.74, 6) is 0.747. The summed E-state index contributed by atoms with van der Waals surface area (Å²) in [6, 6.07) is 4.18. The van der Waals surface area contributed by atoms with E-state index in [1.54, 1.807) is 6.26 Å². The minimum Gasteiger partial charge on any atom is -0.449 e. The number of oxazole rings is 1. The van der Waals surface area contributed by atoms with E-state index in [2.05, 4.69) is 31.9 Å². The minimum atomic E-state index is 0.747. The average Bonchev–Trinajstić information content (AvgIpc) is 2.88. The van der Waals surface area contributed by atoms with Crippen molar-refractivity contribution in [1.29, 1.82) is 0 Å². The number of hydrogen-bond acceptors (Lipinski definition) is 5. The molecule has 1 aliphatic heterocycles. The number of rotatable bonds is 4. The average molecular weight is 272 g/mol. The van der Waals surface area contributed by atoms with E-state index >= 15 is 0 Å². The molecular formula is C15H20N4O. The summed E-state index contributed by atoms with van der Waals surface area (Å²) in [6.45, 7) is 8.14. The van der Waals surface area contributed by atoms with E-state index in [1.807, 2.05) is 19.3 Å². The van der Waals surface area contributed by atoms with Crippen LogP contribution in [0.5, 0.6) is 0 Å². The molecule has 0 unspecified atom stereocenters. The summed E-state index contributed by atoms with van der Waals surface area (Å²) in [5, 5.41) is 0. The van der Waals surface area contributed by atoms with Crippen molar-refractivity contribution in [3.05, 3.63) is 47.9 Å². The normalized spacial score (nSPS) is 17.4. The standard InChI is InChI=1S/C15H20N4O/c1-13-17-15(12-20-13)11-19-8-6-18(7-9-19)10-14-2-4-16-5-3-14/h2-5,12H,6-11H2,1H3. The molecule has 3 heterocycles. The molecule has 106 valence electrons. The van der Waals surface area contributed by atoms with Crippen LogP contribution in [0.4, 0.5) is 0 Å². The monoisotopic (exact) mass is 272 g/mol. The van der Waals surface area contributed by atoms with Crippen LogP contribution in [-0.4, -0.2) is 45.9 Å². The molecule has 1 aliphatic rings. The summed E-state index contributed by atoms with van der Waals surface area (Å²) in [6.07, 6.45) is 5.48. The van der Waals surface area contributed by atoms with Gasteiger partial charge in [-0.3, -0.25) is 14.8 Å². The molecule has 0 aliphatic carbocycles. The summed E-state index contributed by atoms with van der Waals surface area (Å²) >= 11 is 0. The first kappa shape index (κ1) is 13.3. The van der Waals surface area contributed by atoms with Gasteiger partial charge < -0.3 is 4.42 Å². The Kier molecular flexibility index (Phi) is 4.08. The first-order valence-electron chi connectivity index (χ1n) is 7.04. The molecule has 1 fully saturated rings. The Morgan fingerprint density at radius 3 is 2.30 bits per heavy atom. The van der Waals surface area contributed by atoms with Gasteiger partial charge in [-0.15, -0.1) is 0 Å². The number of aromatic nitrogens is 2. The van der Waals surface area contributed by atoms with Crippen LogP contribution in [0.15, 0.2) is 35.2 Å².